The molecule has 2 rings (SSSR count). The molecule has 0 bridgehead atoms. The van der Waals surface area contributed by atoms with E-state index in [2.05, 4.69) is 11.9 Å². The van der Waals surface area contributed by atoms with Crippen molar-refractivity contribution in [2.24, 2.45) is 5.73 Å². The molecule has 0 aromatic heterocycles. The van der Waals surface area contributed by atoms with Crippen LogP contribution in [-0.4, -0.2) is 43.8 Å². The second kappa shape index (κ2) is 6.22. The van der Waals surface area contributed by atoms with Gasteiger partial charge in [0.1, 0.15) is 0 Å². The van der Waals surface area contributed by atoms with Gasteiger partial charge >= 0.3 is 0 Å². The Bertz CT molecular complexity index is 414. The summed E-state index contributed by atoms with van der Waals surface area (Å²) >= 11 is 12.1. The smallest absolute Gasteiger partial charge is 0.0856 e. The van der Waals surface area contributed by atoms with Crippen molar-refractivity contribution in [2.75, 3.05) is 26.7 Å². The van der Waals surface area contributed by atoms with Gasteiger partial charge in [0.15, 0.2) is 0 Å². The lowest BCUT2D eigenvalue weighted by molar-refractivity contribution is -0.0319. The molecule has 2 atom stereocenters. The normalized spacial score (nSPS) is 23.0. The van der Waals surface area contributed by atoms with Gasteiger partial charge in [-0.2, -0.15) is 0 Å². The van der Waals surface area contributed by atoms with E-state index in [1.54, 1.807) is 12.1 Å². The number of likely N-dealkylation sites (N-methyl/N-ethyl adjacent to an activating group) is 1. The van der Waals surface area contributed by atoms with Crippen molar-refractivity contribution in [3.8, 4) is 0 Å². The van der Waals surface area contributed by atoms with Crippen LogP contribution in [0.2, 0.25) is 10.0 Å². The SMILES string of the molecule is CN1CCOC(C(N)Cc2cc(Cl)ccc2Cl)C1. The fourth-order valence-corrected chi connectivity index (χ4v) is 2.54. The van der Waals surface area contributed by atoms with Gasteiger partial charge < -0.3 is 15.4 Å². The molecular weight excluding hydrogens is 271 g/mol. The Morgan fingerprint density at radius 1 is 1.50 bits per heavy atom. The van der Waals surface area contributed by atoms with Crippen LogP contribution in [0.3, 0.4) is 0 Å². The first kappa shape index (κ1) is 14.1. The minimum atomic E-state index is -0.0660. The summed E-state index contributed by atoms with van der Waals surface area (Å²) in [6.45, 7) is 2.55. The summed E-state index contributed by atoms with van der Waals surface area (Å²) in [6, 6.07) is 5.39. The molecule has 2 N–H and O–H groups in total. The minimum absolute atomic E-state index is 0.0544. The second-order valence-corrected chi connectivity index (χ2v) is 5.62. The third kappa shape index (κ3) is 3.59. The van der Waals surface area contributed by atoms with Crippen LogP contribution in [-0.2, 0) is 11.2 Å². The van der Waals surface area contributed by atoms with Crippen LogP contribution in [0.5, 0.6) is 0 Å². The molecule has 0 saturated carbocycles. The summed E-state index contributed by atoms with van der Waals surface area (Å²) in [6.07, 6.45) is 0.733. The quantitative estimate of drug-likeness (QED) is 0.927. The Labute approximate surface area is 118 Å². The highest BCUT2D eigenvalue weighted by atomic mass is 35.5. The van der Waals surface area contributed by atoms with E-state index in [1.807, 2.05) is 6.07 Å². The second-order valence-electron chi connectivity index (χ2n) is 4.78. The Hall–Kier alpha value is -0.320. The summed E-state index contributed by atoms with van der Waals surface area (Å²) in [5.41, 5.74) is 7.19. The van der Waals surface area contributed by atoms with Crippen LogP contribution in [0.4, 0.5) is 0 Å². The van der Waals surface area contributed by atoms with E-state index in [1.165, 1.54) is 0 Å². The number of rotatable bonds is 3. The maximum atomic E-state index is 6.21. The number of ether oxygens (including phenoxy) is 1. The maximum Gasteiger partial charge on any atom is 0.0856 e. The van der Waals surface area contributed by atoms with Crippen molar-refractivity contribution < 1.29 is 4.74 Å². The molecule has 0 spiro atoms. The Morgan fingerprint density at radius 3 is 3.00 bits per heavy atom. The zero-order chi connectivity index (χ0) is 13.1. The molecule has 0 amide bonds. The van der Waals surface area contributed by atoms with Gasteiger partial charge in [-0.25, -0.2) is 0 Å². The lowest BCUT2D eigenvalue weighted by atomic mass is 10.0. The topological polar surface area (TPSA) is 38.5 Å². The Kier molecular flexibility index (Phi) is 4.87. The number of benzene rings is 1. The van der Waals surface area contributed by atoms with Crippen molar-refractivity contribution in [3.05, 3.63) is 33.8 Å². The fraction of sp³-hybridized carbons (Fsp3) is 0.538. The highest BCUT2D eigenvalue weighted by Crippen LogP contribution is 2.22. The number of nitrogens with zero attached hydrogens (tertiary/aromatic N) is 1. The average molecular weight is 289 g/mol. The molecule has 18 heavy (non-hydrogen) atoms. The van der Waals surface area contributed by atoms with Crippen LogP contribution in [0.25, 0.3) is 0 Å². The van der Waals surface area contributed by atoms with Crippen molar-refractivity contribution >= 4 is 23.2 Å². The van der Waals surface area contributed by atoms with E-state index >= 15 is 0 Å². The lowest BCUT2D eigenvalue weighted by Gasteiger charge is -2.33. The predicted octanol–water partition coefficient (Wildman–Crippen LogP) is 2.19. The van der Waals surface area contributed by atoms with Crippen LogP contribution < -0.4 is 5.73 Å². The summed E-state index contributed by atoms with van der Waals surface area (Å²) in [5.74, 6) is 0. The third-order valence-corrected chi connectivity index (χ3v) is 3.84. The zero-order valence-electron chi connectivity index (χ0n) is 10.4. The molecule has 100 valence electrons. The molecule has 1 heterocycles. The number of morpholine rings is 1. The molecule has 1 aromatic carbocycles. The van der Waals surface area contributed by atoms with E-state index in [9.17, 15) is 0 Å². The lowest BCUT2D eigenvalue weighted by Crippen LogP contribution is -2.50. The van der Waals surface area contributed by atoms with Crippen molar-refractivity contribution in [3.63, 3.8) is 0 Å². The summed E-state index contributed by atoms with van der Waals surface area (Å²) < 4.78 is 5.71. The molecule has 1 aromatic rings. The molecule has 1 fully saturated rings. The van der Waals surface area contributed by atoms with Gasteiger partial charge in [-0.15, -0.1) is 0 Å². The molecule has 0 radical (unpaired) electrons. The molecular formula is C13H18Cl2N2O. The van der Waals surface area contributed by atoms with Gasteiger partial charge in [-0.05, 0) is 37.2 Å². The highest BCUT2D eigenvalue weighted by Gasteiger charge is 2.24. The molecule has 3 nitrogen and oxygen atoms in total. The first-order valence-corrected chi connectivity index (χ1v) is 6.81. The van der Waals surface area contributed by atoms with E-state index in [-0.39, 0.29) is 12.1 Å². The Balaban J connectivity index is 2.01. The van der Waals surface area contributed by atoms with Gasteiger partial charge in [0, 0.05) is 29.2 Å². The van der Waals surface area contributed by atoms with Crippen LogP contribution in [0.1, 0.15) is 5.56 Å². The number of hydrogen-bond donors (Lipinski definition) is 1. The van der Waals surface area contributed by atoms with Crippen molar-refractivity contribution in [1.82, 2.24) is 4.90 Å². The third-order valence-electron chi connectivity index (χ3n) is 3.24. The fourth-order valence-electron chi connectivity index (χ4n) is 2.16. The van der Waals surface area contributed by atoms with Gasteiger partial charge in [0.05, 0.1) is 12.7 Å². The first-order chi connectivity index (χ1) is 8.56. The highest BCUT2D eigenvalue weighted by molar-refractivity contribution is 6.33. The number of nitrogens with two attached hydrogens (primary N) is 1. The van der Waals surface area contributed by atoms with E-state index < -0.39 is 0 Å². The van der Waals surface area contributed by atoms with Gasteiger partial charge in [0.25, 0.3) is 0 Å². The average Bonchev–Trinajstić information content (AvgIpc) is 2.34. The van der Waals surface area contributed by atoms with Crippen molar-refractivity contribution in [2.45, 2.75) is 18.6 Å². The monoisotopic (exact) mass is 288 g/mol. The number of halogens is 2. The predicted molar refractivity (Wildman–Crippen MR) is 75.4 cm³/mol. The molecule has 1 aliphatic heterocycles. The summed E-state index contributed by atoms with van der Waals surface area (Å²) in [4.78, 5) is 2.23. The molecule has 2 unspecified atom stereocenters. The van der Waals surface area contributed by atoms with Gasteiger partial charge in [0.2, 0.25) is 0 Å². The van der Waals surface area contributed by atoms with Crippen molar-refractivity contribution in [1.29, 1.82) is 0 Å². The van der Waals surface area contributed by atoms with Crippen LogP contribution in [0, 0.1) is 0 Å². The summed E-state index contributed by atoms with van der Waals surface area (Å²) in [5, 5.41) is 1.39. The molecule has 1 aliphatic rings. The molecule has 5 heteroatoms. The minimum Gasteiger partial charge on any atom is -0.374 e. The number of hydrogen-bond acceptors (Lipinski definition) is 3. The molecule has 1 saturated heterocycles. The maximum absolute atomic E-state index is 6.21. The summed E-state index contributed by atoms with van der Waals surface area (Å²) in [7, 11) is 2.08. The standard InChI is InChI=1S/C13H18Cl2N2O/c1-17-4-5-18-13(8-17)12(16)7-9-6-10(14)2-3-11(9)15/h2-3,6,12-13H,4-5,7-8,16H2,1H3. The van der Waals surface area contributed by atoms with Crippen LogP contribution >= 0.6 is 23.2 Å². The van der Waals surface area contributed by atoms with Crippen LogP contribution in [0.15, 0.2) is 18.2 Å². The Morgan fingerprint density at radius 2 is 2.28 bits per heavy atom. The van der Waals surface area contributed by atoms with E-state index in [0.29, 0.717) is 16.5 Å². The largest absolute Gasteiger partial charge is 0.374 e. The zero-order valence-corrected chi connectivity index (χ0v) is 11.9. The van der Waals surface area contributed by atoms with E-state index in [0.717, 1.165) is 25.3 Å². The molecule has 0 aliphatic carbocycles. The van der Waals surface area contributed by atoms with Gasteiger partial charge in [-0.1, -0.05) is 23.2 Å². The first-order valence-electron chi connectivity index (χ1n) is 6.06. The van der Waals surface area contributed by atoms with Gasteiger partial charge in [-0.3, -0.25) is 0 Å². The van der Waals surface area contributed by atoms with E-state index in [4.69, 9.17) is 33.7 Å².